The van der Waals surface area contributed by atoms with Crippen LogP contribution in [0.3, 0.4) is 0 Å². The third-order valence-electron chi connectivity index (χ3n) is 5.77. The van der Waals surface area contributed by atoms with E-state index < -0.39 is 0 Å². The molecule has 0 fully saturated rings. The second-order valence-corrected chi connectivity index (χ2v) is 9.32. The lowest BCUT2D eigenvalue weighted by molar-refractivity contribution is 0.0948. The van der Waals surface area contributed by atoms with Gasteiger partial charge in [0.1, 0.15) is 11.6 Å². The van der Waals surface area contributed by atoms with Crippen LogP contribution in [-0.2, 0) is 25.3 Å². The van der Waals surface area contributed by atoms with Crippen LogP contribution in [0.25, 0.3) is 0 Å². The van der Waals surface area contributed by atoms with Crippen LogP contribution in [-0.4, -0.2) is 20.7 Å². The lowest BCUT2D eigenvalue weighted by atomic mass is 10.1. The van der Waals surface area contributed by atoms with Gasteiger partial charge in [-0.15, -0.1) is 10.2 Å². The number of thioether (sulfide) groups is 1. The SMILES string of the molecule is O=C(NCc1ccco1)c1ccc(CSc2nnc(Cc3ccccc3)n2Cc2ccccc2)cc1. The van der Waals surface area contributed by atoms with Crippen molar-refractivity contribution in [2.45, 2.75) is 30.4 Å². The predicted octanol–water partition coefficient (Wildman–Crippen LogP) is 5.73. The molecule has 1 amide bonds. The Labute approximate surface area is 214 Å². The van der Waals surface area contributed by atoms with E-state index in [1.54, 1.807) is 24.1 Å². The monoisotopic (exact) mass is 494 g/mol. The summed E-state index contributed by atoms with van der Waals surface area (Å²) in [6.07, 6.45) is 2.32. The van der Waals surface area contributed by atoms with Gasteiger partial charge in [0.15, 0.2) is 5.16 Å². The number of hydrogen-bond donors (Lipinski definition) is 1. The van der Waals surface area contributed by atoms with Crippen molar-refractivity contribution in [3.8, 4) is 0 Å². The smallest absolute Gasteiger partial charge is 0.251 e. The Morgan fingerprint density at radius 3 is 2.22 bits per heavy atom. The molecule has 0 saturated heterocycles. The van der Waals surface area contributed by atoms with Crippen molar-refractivity contribution >= 4 is 17.7 Å². The lowest BCUT2D eigenvalue weighted by Gasteiger charge is -2.11. The van der Waals surface area contributed by atoms with Crippen LogP contribution in [0.1, 0.15) is 38.6 Å². The number of nitrogens with one attached hydrogen (secondary N) is 1. The molecule has 2 heterocycles. The average molecular weight is 495 g/mol. The first kappa shape index (κ1) is 23.6. The molecule has 0 radical (unpaired) electrons. The maximum atomic E-state index is 12.4. The minimum atomic E-state index is -0.126. The molecular formula is C29H26N4O2S. The maximum Gasteiger partial charge on any atom is 0.251 e. The van der Waals surface area contributed by atoms with Gasteiger partial charge < -0.3 is 14.3 Å². The van der Waals surface area contributed by atoms with E-state index in [0.29, 0.717) is 18.7 Å². The van der Waals surface area contributed by atoms with Crippen molar-refractivity contribution in [3.63, 3.8) is 0 Å². The first-order valence-corrected chi connectivity index (χ1v) is 12.8. The summed E-state index contributed by atoms with van der Waals surface area (Å²) < 4.78 is 7.46. The first-order valence-electron chi connectivity index (χ1n) is 11.8. The summed E-state index contributed by atoms with van der Waals surface area (Å²) in [6.45, 7) is 1.08. The van der Waals surface area contributed by atoms with Crippen LogP contribution in [0.4, 0.5) is 0 Å². The molecule has 1 N–H and O–H groups in total. The molecule has 6 nitrogen and oxygen atoms in total. The highest BCUT2D eigenvalue weighted by molar-refractivity contribution is 7.98. The molecule has 2 aromatic heterocycles. The Morgan fingerprint density at radius 2 is 1.53 bits per heavy atom. The number of benzene rings is 3. The highest BCUT2D eigenvalue weighted by Gasteiger charge is 2.14. The minimum Gasteiger partial charge on any atom is -0.467 e. The molecule has 36 heavy (non-hydrogen) atoms. The van der Waals surface area contributed by atoms with Gasteiger partial charge in [0.05, 0.1) is 19.4 Å². The Morgan fingerprint density at radius 1 is 0.806 bits per heavy atom. The van der Waals surface area contributed by atoms with E-state index in [1.807, 2.05) is 54.6 Å². The number of aromatic nitrogens is 3. The van der Waals surface area contributed by atoms with Crippen LogP contribution in [0.15, 0.2) is 113 Å². The Bertz CT molecular complexity index is 1380. The Balaban J connectivity index is 1.26. The fourth-order valence-electron chi connectivity index (χ4n) is 3.84. The van der Waals surface area contributed by atoms with E-state index in [2.05, 4.69) is 56.5 Å². The molecule has 7 heteroatoms. The van der Waals surface area contributed by atoms with Gasteiger partial charge in [-0.1, -0.05) is 84.6 Å². The van der Waals surface area contributed by atoms with Gasteiger partial charge in [0.25, 0.3) is 5.91 Å². The van der Waals surface area contributed by atoms with Gasteiger partial charge in [-0.25, -0.2) is 0 Å². The average Bonchev–Trinajstić information content (AvgIpc) is 3.58. The van der Waals surface area contributed by atoms with Crippen molar-refractivity contribution in [1.82, 2.24) is 20.1 Å². The molecule has 5 rings (SSSR count). The summed E-state index contributed by atoms with van der Waals surface area (Å²) in [5.41, 5.74) is 4.14. The topological polar surface area (TPSA) is 73.0 Å². The summed E-state index contributed by atoms with van der Waals surface area (Å²) in [7, 11) is 0. The Hall–Kier alpha value is -4.10. The van der Waals surface area contributed by atoms with E-state index in [1.165, 1.54) is 11.1 Å². The van der Waals surface area contributed by atoms with Crippen molar-refractivity contribution in [2.75, 3.05) is 0 Å². The lowest BCUT2D eigenvalue weighted by Crippen LogP contribution is -2.22. The zero-order chi connectivity index (χ0) is 24.6. The van der Waals surface area contributed by atoms with Crippen LogP contribution in [0, 0.1) is 0 Å². The van der Waals surface area contributed by atoms with Gasteiger partial charge in [0, 0.05) is 17.7 Å². The predicted molar refractivity (Wildman–Crippen MR) is 141 cm³/mol. The number of rotatable bonds is 10. The van der Waals surface area contributed by atoms with Crippen LogP contribution >= 0.6 is 11.8 Å². The molecule has 0 aliphatic heterocycles. The third-order valence-corrected chi connectivity index (χ3v) is 6.81. The second kappa shape index (κ2) is 11.6. The van der Waals surface area contributed by atoms with Crippen LogP contribution in [0.2, 0.25) is 0 Å². The molecule has 0 saturated carbocycles. The number of furan rings is 1. The normalized spacial score (nSPS) is 10.9. The van der Waals surface area contributed by atoms with E-state index >= 15 is 0 Å². The summed E-state index contributed by atoms with van der Waals surface area (Å²) in [6, 6.07) is 32.0. The summed E-state index contributed by atoms with van der Waals surface area (Å²) >= 11 is 1.65. The largest absolute Gasteiger partial charge is 0.467 e. The summed E-state index contributed by atoms with van der Waals surface area (Å²) in [5.74, 6) is 2.27. The molecule has 5 aromatic rings. The third kappa shape index (κ3) is 6.12. The minimum absolute atomic E-state index is 0.126. The van der Waals surface area contributed by atoms with Gasteiger partial charge in [0.2, 0.25) is 0 Å². The highest BCUT2D eigenvalue weighted by atomic mass is 32.2. The van der Waals surface area contributed by atoms with Crippen LogP contribution in [0.5, 0.6) is 0 Å². The highest BCUT2D eigenvalue weighted by Crippen LogP contribution is 2.24. The van der Waals surface area contributed by atoms with Crippen molar-refractivity contribution < 1.29 is 9.21 Å². The van der Waals surface area contributed by atoms with Crippen molar-refractivity contribution in [3.05, 3.63) is 137 Å². The first-order chi connectivity index (χ1) is 17.7. The molecule has 0 aliphatic rings. The second-order valence-electron chi connectivity index (χ2n) is 8.38. The van der Waals surface area contributed by atoms with Crippen molar-refractivity contribution in [2.24, 2.45) is 0 Å². The van der Waals surface area contributed by atoms with Crippen LogP contribution < -0.4 is 5.32 Å². The zero-order valence-electron chi connectivity index (χ0n) is 19.7. The van der Waals surface area contributed by atoms with E-state index in [0.717, 1.165) is 34.5 Å². The van der Waals surface area contributed by atoms with E-state index in [-0.39, 0.29) is 5.91 Å². The molecular weight excluding hydrogens is 468 g/mol. The molecule has 0 aliphatic carbocycles. The standard InChI is InChI=1S/C29H26N4O2S/c34-28(30-19-26-12-7-17-35-26)25-15-13-24(14-16-25)21-36-29-32-31-27(18-22-8-3-1-4-9-22)33(29)20-23-10-5-2-6-11-23/h1-17H,18-21H2,(H,30,34). The molecule has 0 unspecified atom stereocenters. The Kier molecular flexibility index (Phi) is 7.58. The van der Waals surface area contributed by atoms with Gasteiger partial charge in [-0.2, -0.15) is 0 Å². The number of carbonyl (C=O) groups excluding carboxylic acids is 1. The fourth-order valence-corrected chi connectivity index (χ4v) is 4.76. The summed E-state index contributed by atoms with van der Waals surface area (Å²) in [4.78, 5) is 12.4. The zero-order valence-corrected chi connectivity index (χ0v) is 20.5. The molecule has 0 bridgehead atoms. The fraction of sp³-hybridized carbons (Fsp3) is 0.138. The van der Waals surface area contributed by atoms with Gasteiger partial charge in [-0.05, 0) is 41.0 Å². The summed E-state index contributed by atoms with van der Waals surface area (Å²) in [5, 5.41) is 12.8. The quantitative estimate of drug-likeness (QED) is 0.251. The molecule has 3 aromatic carbocycles. The maximum absolute atomic E-state index is 12.4. The van der Waals surface area contributed by atoms with Gasteiger partial charge in [-0.3, -0.25) is 4.79 Å². The van der Waals surface area contributed by atoms with Crippen molar-refractivity contribution in [1.29, 1.82) is 0 Å². The van der Waals surface area contributed by atoms with Gasteiger partial charge >= 0.3 is 0 Å². The number of carbonyl (C=O) groups is 1. The molecule has 180 valence electrons. The molecule has 0 atom stereocenters. The molecule has 0 spiro atoms. The van der Waals surface area contributed by atoms with E-state index in [9.17, 15) is 4.79 Å². The number of amides is 1. The number of hydrogen-bond acceptors (Lipinski definition) is 5. The number of nitrogens with zero attached hydrogens (tertiary/aromatic N) is 3. The van der Waals surface area contributed by atoms with E-state index in [4.69, 9.17) is 4.42 Å².